The van der Waals surface area contributed by atoms with Crippen molar-refractivity contribution in [1.82, 2.24) is 15.5 Å². The number of carbonyl (C=O) groups excluding carboxylic acids is 1. The van der Waals surface area contributed by atoms with Crippen LogP contribution in [-0.4, -0.2) is 22.9 Å². The molecule has 1 atom stereocenters. The summed E-state index contributed by atoms with van der Waals surface area (Å²) in [5.41, 5.74) is 9.23. The highest BCUT2D eigenvalue weighted by Crippen LogP contribution is 2.32. The van der Waals surface area contributed by atoms with E-state index < -0.39 is 6.04 Å². The van der Waals surface area contributed by atoms with Gasteiger partial charge in [0, 0.05) is 17.8 Å². The van der Waals surface area contributed by atoms with Crippen LogP contribution in [0.3, 0.4) is 0 Å². The van der Waals surface area contributed by atoms with Gasteiger partial charge in [-0.1, -0.05) is 6.07 Å². The fraction of sp³-hybridized carbons (Fsp3) is 0.333. The van der Waals surface area contributed by atoms with E-state index in [1.54, 1.807) is 0 Å². The molecule has 1 aliphatic rings. The lowest BCUT2D eigenvalue weighted by Gasteiger charge is -2.13. The summed E-state index contributed by atoms with van der Waals surface area (Å²) < 4.78 is 10.6. The van der Waals surface area contributed by atoms with Gasteiger partial charge in [0.1, 0.15) is 6.04 Å². The van der Waals surface area contributed by atoms with E-state index in [1.807, 2.05) is 32.0 Å². The van der Waals surface area contributed by atoms with Crippen molar-refractivity contribution in [2.24, 2.45) is 5.73 Å². The average molecular weight is 302 g/mol. The molecule has 1 aromatic heterocycles. The second-order valence-electron chi connectivity index (χ2n) is 5.23. The fourth-order valence-electron chi connectivity index (χ4n) is 2.50. The molecule has 7 nitrogen and oxygen atoms in total. The number of aromatic amines is 1. The van der Waals surface area contributed by atoms with Gasteiger partial charge in [-0.15, -0.1) is 0 Å². The van der Waals surface area contributed by atoms with Crippen LogP contribution in [0.1, 0.15) is 28.6 Å². The molecule has 0 spiro atoms. The number of benzene rings is 1. The van der Waals surface area contributed by atoms with Crippen molar-refractivity contribution in [3.05, 3.63) is 40.7 Å². The molecule has 4 N–H and O–H groups in total. The van der Waals surface area contributed by atoms with E-state index in [0.717, 1.165) is 28.3 Å². The van der Waals surface area contributed by atoms with Crippen molar-refractivity contribution in [1.29, 1.82) is 0 Å². The number of fused-ring (bicyclic) bond motifs is 1. The van der Waals surface area contributed by atoms with Crippen LogP contribution in [0.25, 0.3) is 0 Å². The van der Waals surface area contributed by atoms with Crippen LogP contribution in [-0.2, 0) is 11.3 Å². The number of carbonyl (C=O) groups is 1. The van der Waals surface area contributed by atoms with E-state index in [2.05, 4.69) is 15.5 Å². The van der Waals surface area contributed by atoms with E-state index in [4.69, 9.17) is 15.2 Å². The van der Waals surface area contributed by atoms with E-state index in [1.165, 1.54) is 0 Å². The number of hydrogen-bond acceptors (Lipinski definition) is 5. The van der Waals surface area contributed by atoms with Crippen LogP contribution >= 0.6 is 0 Å². The molecule has 7 heteroatoms. The van der Waals surface area contributed by atoms with Gasteiger partial charge >= 0.3 is 0 Å². The molecule has 22 heavy (non-hydrogen) atoms. The number of hydrogen-bond donors (Lipinski definition) is 3. The quantitative estimate of drug-likeness (QED) is 0.784. The third-order valence-corrected chi connectivity index (χ3v) is 3.68. The maximum atomic E-state index is 12.2. The molecule has 1 aliphatic heterocycles. The van der Waals surface area contributed by atoms with Gasteiger partial charge in [-0.05, 0) is 31.5 Å². The molecule has 116 valence electrons. The Morgan fingerprint density at radius 2 is 2.18 bits per heavy atom. The molecule has 2 heterocycles. The summed E-state index contributed by atoms with van der Waals surface area (Å²) in [5, 5.41) is 9.73. The number of amides is 1. The molecular formula is C15H18N4O3. The first-order valence-corrected chi connectivity index (χ1v) is 6.99. The minimum atomic E-state index is -0.743. The van der Waals surface area contributed by atoms with Gasteiger partial charge in [0.2, 0.25) is 12.7 Å². The average Bonchev–Trinajstić information content (AvgIpc) is 3.10. The number of aryl methyl sites for hydroxylation is 2. The van der Waals surface area contributed by atoms with E-state index in [-0.39, 0.29) is 12.7 Å². The number of aromatic nitrogens is 2. The molecule has 0 saturated carbocycles. The molecule has 1 amide bonds. The molecule has 0 aliphatic carbocycles. The molecule has 2 aromatic rings. The smallest absolute Gasteiger partial charge is 0.241 e. The van der Waals surface area contributed by atoms with Gasteiger partial charge in [-0.25, -0.2) is 0 Å². The Bertz CT molecular complexity index is 691. The van der Waals surface area contributed by atoms with Crippen molar-refractivity contribution in [2.45, 2.75) is 26.4 Å². The Balaban J connectivity index is 1.65. The fourth-order valence-corrected chi connectivity index (χ4v) is 2.50. The Morgan fingerprint density at radius 1 is 1.41 bits per heavy atom. The SMILES string of the molecule is Cc1n[nH]c(C)c1[C@@H](N)C(=O)NCc1ccc2c(c1)OCO2. The van der Waals surface area contributed by atoms with Gasteiger partial charge in [-0.2, -0.15) is 5.10 Å². The van der Waals surface area contributed by atoms with Crippen molar-refractivity contribution < 1.29 is 14.3 Å². The summed E-state index contributed by atoms with van der Waals surface area (Å²) in [4.78, 5) is 12.2. The predicted molar refractivity (Wildman–Crippen MR) is 79.4 cm³/mol. The zero-order valence-corrected chi connectivity index (χ0v) is 12.5. The van der Waals surface area contributed by atoms with Crippen LogP contribution in [0.2, 0.25) is 0 Å². The summed E-state index contributed by atoms with van der Waals surface area (Å²) in [6.45, 7) is 4.28. The molecule has 1 aromatic carbocycles. The maximum absolute atomic E-state index is 12.2. The number of rotatable bonds is 4. The first kappa shape index (κ1) is 14.4. The second kappa shape index (κ2) is 5.69. The topological polar surface area (TPSA) is 102 Å². The van der Waals surface area contributed by atoms with Crippen LogP contribution in [0.4, 0.5) is 0 Å². The van der Waals surface area contributed by atoms with E-state index >= 15 is 0 Å². The molecular weight excluding hydrogens is 284 g/mol. The van der Waals surface area contributed by atoms with Crippen LogP contribution in [0.15, 0.2) is 18.2 Å². The third-order valence-electron chi connectivity index (χ3n) is 3.68. The summed E-state index contributed by atoms with van der Waals surface area (Å²) in [6, 6.07) is 4.82. The van der Waals surface area contributed by atoms with Gasteiger partial charge in [0.25, 0.3) is 0 Å². The molecule has 0 saturated heterocycles. The lowest BCUT2D eigenvalue weighted by Crippen LogP contribution is -2.34. The minimum Gasteiger partial charge on any atom is -0.454 e. The Labute approximate surface area is 127 Å². The van der Waals surface area contributed by atoms with Crippen molar-refractivity contribution >= 4 is 5.91 Å². The van der Waals surface area contributed by atoms with Crippen molar-refractivity contribution in [2.75, 3.05) is 6.79 Å². The number of ether oxygens (including phenoxy) is 2. The van der Waals surface area contributed by atoms with Gasteiger partial charge < -0.3 is 20.5 Å². The zero-order chi connectivity index (χ0) is 15.7. The minimum absolute atomic E-state index is 0.231. The third kappa shape index (κ3) is 2.62. The first-order valence-electron chi connectivity index (χ1n) is 6.99. The van der Waals surface area contributed by atoms with Crippen molar-refractivity contribution in [3.8, 4) is 11.5 Å². The number of H-pyrrole nitrogens is 1. The summed E-state index contributed by atoms with van der Waals surface area (Å²) in [5.74, 6) is 1.17. The van der Waals surface area contributed by atoms with Gasteiger partial charge in [-0.3, -0.25) is 9.89 Å². The van der Waals surface area contributed by atoms with Gasteiger partial charge in [0.15, 0.2) is 11.5 Å². The van der Waals surface area contributed by atoms with Crippen molar-refractivity contribution in [3.63, 3.8) is 0 Å². The Morgan fingerprint density at radius 3 is 2.91 bits per heavy atom. The molecule has 0 fully saturated rings. The summed E-state index contributed by atoms with van der Waals surface area (Å²) in [7, 11) is 0. The lowest BCUT2D eigenvalue weighted by atomic mass is 10.1. The summed E-state index contributed by atoms with van der Waals surface area (Å²) >= 11 is 0. The van der Waals surface area contributed by atoms with Crippen LogP contribution in [0, 0.1) is 13.8 Å². The zero-order valence-electron chi connectivity index (χ0n) is 12.5. The Hall–Kier alpha value is -2.54. The normalized spacial score (nSPS) is 14.0. The molecule has 3 rings (SSSR count). The molecule has 0 unspecified atom stereocenters. The van der Waals surface area contributed by atoms with E-state index in [0.29, 0.717) is 12.3 Å². The predicted octanol–water partition coefficient (Wildman–Crippen LogP) is 1.07. The highest BCUT2D eigenvalue weighted by Gasteiger charge is 2.22. The number of nitrogens with zero attached hydrogens (tertiary/aromatic N) is 1. The Kier molecular flexibility index (Phi) is 3.72. The molecule has 0 bridgehead atoms. The largest absolute Gasteiger partial charge is 0.454 e. The number of nitrogens with one attached hydrogen (secondary N) is 2. The maximum Gasteiger partial charge on any atom is 0.241 e. The molecule has 0 radical (unpaired) electrons. The van der Waals surface area contributed by atoms with Crippen LogP contribution in [0.5, 0.6) is 11.5 Å². The van der Waals surface area contributed by atoms with E-state index in [9.17, 15) is 4.79 Å². The van der Waals surface area contributed by atoms with Gasteiger partial charge in [0.05, 0.1) is 5.69 Å². The number of nitrogens with two attached hydrogens (primary N) is 1. The van der Waals surface area contributed by atoms with Crippen LogP contribution < -0.4 is 20.5 Å². The second-order valence-corrected chi connectivity index (χ2v) is 5.23. The first-order chi connectivity index (χ1) is 10.6. The standard InChI is InChI=1S/C15H18N4O3/c1-8-13(9(2)19-18-8)14(16)15(20)17-6-10-3-4-11-12(5-10)22-7-21-11/h3-5,14H,6-7,16H2,1-2H3,(H,17,20)(H,18,19)/t14-/m1/s1. The highest BCUT2D eigenvalue weighted by atomic mass is 16.7. The summed E-state index contributed by atoms with van der Waals surface area (Å²) in [6.07, 6.45) is 0. The highest BCUT2D eigenvalue weighted by molar-refractivity contribution is 5.83. The monoisotopic (exact) mass is 302 g/mol. The lowest BCUT2D eigenvalue weighted by molar-refractivity contribution is -0.122.